The smallest absolute Gasteiger partial charge is 0.275 e. The van der Waals surface area contributed by atoms with E-state index in [1.807, 2.05) is 24.3 Å². The van der Waals surface area contributed by atoms with E-state index in [9.17, 15) is 4.79 Å². The maximum Gasteiger partial charge on any atom is 0.275 e. The van der Waals surface area contributed by atoms with E-state index >= 15 is 0 Å². The fourth-order valence-electron chi connectivity index (χ4n) is 1.76. The summed E-state index contributed by atoms with van der Waals surface area (Å²) in [7, 11) is 0. The van der Waals surface area contributed by atoms with Crippen LogP contribution >= 0.6 is 0 Å². The van der Waals surface area contributed by atoms with Gasteiger partial charge in [0, 0.05) is 11.3 Å². The molecule has 0 aliphatic carbocycles. The van der Waals surface area contributed by atoms with Gasteiger partial charge in [0.25, 0.3) is 5.91 Å². The zero-order valence-electron chi connectivity index (χ0n) is 7.27. The van der Waals surface area contributed by atoms with Gasteiger partial charge in [-0.2, -0.15) is 4.99 Å². The van der Waals surface area contributed by atoms with Crippen molar-refractivity contribution in [3.8, 4) is 0 Å². The number of fused-ring (bicyclic) bond motifs is 3. The van der Waals surface area contributed by atoms with Crippen LogP contribution in [-0.4, -0.2) is 24.0 Å². The predicted octanol–water partition coefficient (Wildman–Crippen LogP) is 0.838. The van der Waals surface area contributed by atoms with Crippen molar-refractivity contribution < 1.29 is 4.79 Å². The lowest BCUT2D eigenvalue weighted by molar-refractivity contribution is -0.117. The molecule has 2 heterocycles. The second-order valence-electron chi connectivity index (χ2n) is 3.22. The SMILES string of the molecule is O=C1N=CN=C2c3ccccc3N[C@H]12. The van der Waals surface area contributed by atoms with Crippen molar-refractivity contribution in [1.82, 2.24) is 0 Å². The van der Waals surface area contributed by atoms with Crippen LogP contribution in [0, 0.1) is 0 Å². The van der Waals surface area contributed by atoms with Crippen molar-refractivity contribution in [2.45, 2.75) is 6.04 Å². The number of nitrogens with zero attached hydrogens (tertiary/aromatic N) is 2. The molecule has 2 aliphatic rings. The highest BCUT2D eigenvalue weighted by molar-refractivity contribution is 6.27. The summed E-state index contributed by atoms with van der Waals surface area (Å²) in [6.07, 6.45) is 1.32. The van der Waals surface area contributed by atoms with Crippen LogP contribution < -0.4 is 5.32 Å². The number of rotatable bonds is 0. The Morgan fingerprint density at radius 2 is 2.14 bits per heavy atom. The lowest BCUT2D eigenvalue weighted by Crippen LogP contribution is -2.33. The number of nitrogens with one attached hydrogen (secondary N) is 1. The van der Waals surface area contributed by atoms with Gasteiger partial charge in [-0.1, -0.05) is 18.2 Å². The maximum absolute atomic E-state index is 11.4. The summed E-state index contributed by atoms with van der Waals surface area (Å²) < 4.78 is 0. The Kier molecular flexibility index (Phi) is 1.33. The molecule has 0 unspecified atom stereocenters. The number of hydrogen-bond acceptors (Lipinski definition) is 3. The van der Waals surface area contributed by atoms with Crippen molar-refractivity contribution in [2.24, 2.45) is 9.98 Å². The standard InChI is InChI=1S/C10H7N3O/c14-10-9-8(11-5-12-10)6-3-1-2-4-7(6)13-9/h1-5,9,13H/t9-/m0/s1. The number of carbonyl (C=O) groups is 1. The summed E-state index contributed by atoms with van der Waals surface area (Å²) in [4.78, 5) is 19.2. The molecule has 0 bridgehead atoms. The molecule has 1 aromatic carbocycles. The summed E-state index contributed by atoms with van der Waals surface area (Å²) in [6.45, 7) is 0. The van der Waals surface area contributed by atoms with Crippen molar-refractivity contribution in [3.63, 3.8) is 0 Å². The lowest BCUT2D eigenvalue weighted by atomic mass is 10.1. The summed E-state index contributed by atoms with van der Waals surface area (Å²) in [5.41, 5.74) is 2.73. The molecule has 4 nitrogen and oxygen atoms in total. The van der Waals surface area contributed by atoms with Crippen molar-refractivity contribution in [2.75, 3.05) is 5.32 Å². The Morgan fingerprint density at radius 1 is 1.29 bits per heavy atom. The lowest BCUT2D eigenvalue weighted by Gasteiger charge is -2.09. The molecule has 14 heavy (non-hydrogen) atoms. The molecular formula is C10H7N3O. The van der Waals surface area contributed by atoms with Crippen molar-refractivity contribution in [1.29, 1.82) is 0 Å². The third kappa shape index (κ3) is 0.849. The monoisotopic (exact) mass is 185 g/mol. The predicted molar refractivity (Wildman–Crippen MR) is 53.9 cm³/mol. The van der Waals surface area contributed by atoms with Crippen molar-refractivity contribution in [3.05, 3.63) is 29.8 Å². The molecule has 1 atom stereocenters. The topological polar surface area (TPSA) is 53.8 Å². The van der Waals surface area contributed by atoms with Gasteiger partial charge in [-0.25, -0.2) is 4.99 Å². The molecule has 0 fully saturated rings. The first-order chi connectivity index (χ1) is 6.86. The van der Waals surface area contributed by atoms with Crippen LogP contribution in [0.4, 0.5) is 5.69 Å². The first kappa shape index (κ1) is 7.44. The Labute approximate surface area is 80.4 Å². The third-order valence-corrected chi connectivity index (χ3v) is 2.41. The van der Waals surface area contributed by atoms with Gasteiger partial charge in [0.1, 0.15) is 6.34 Å². The second kappa shape index (κ2) is 2.51. The molecule has 0 radical (unpaired) electrons. The molecular weight excluding hydrogens is 178 g/mol. The van der Waals surface area contributed by atoms with E-state index in [1.54, 1.807) is 0 Å². The van der Waals surface area contributed by atoms with Gasteiger partial charge >= 0.3 is 0 Å². The van der Waals surface area contributed by atoms with Crippen LogP contribution in [-0.2, 0) is 4.79 Å². The average molecular weight is 185 g/mol. The third-order valence-electron chi connectivity index (χ3n) is 2.41. The minimum Gasteiger partial charge on any atom is -0.368 e. The normalized spacial score (nSPS) is 22.4. The first-order valence-corrected chi connectivity index (χ1v) is 4.36. The van der Waals surface area contributed by atoms with E-state index in [4.69, 9.17) is 0 Å². The number of anilines is 1. The molecule has 3 rings (SSSR count). The summed E-state index contributed by atoms with van der Waals surface area (Å²) in [6, 6.07) is 7.37. The molecule has 1 amide bonds. The zero-order chi connectivity index (χ0) is 9.54. The van der Waals surface area contributed by atoms with Gasteiger partial charge < -0.3 is 5.32 Å². The second-order valence-corrected chi connectivity index (χ2v) is 3.22. The largest absolute Gasteiger partial charge is 0.368 e. The molecule has 2 aliphatic heterocycles. The number of amides is 1. The molecule has 68 valence electrons. The van der Waals surface area contributed by atoms with E-state index in [-0.39, 0.29) is 11.9 Å². The highest BCUT2D eigenvalue weighted by Gasteiger charge is 2.34. The number of hydrogen-bond donors (Lipinski definition) is 1. The van der Waals surface area contributed by atoms with Gasteiger partial charge in [-0.3, -0.25) is 4.79 Å². The van der Waals surface area contributed by atoms with Gasteiger partial charge in [0.2, 0.25) is 0 Å². The number of aliphatic imine (C=N–C) groups is 2. The van der Waals surface area contributed by atoms with E-state index in [0.717, 1.165) is 17.0 Å². The Hall–Kier alpha value is -1.97. The van der Waals surface area contributed by atoms with Gasteiger partial charge in [0.05, 0.1) is 5.71 Å². The summed E-state index contributed by atoms with van der Waals surface area (Å²) in [5, 5.41) is 3.09. The number of carbonyl (C=O) groups excluding carboxylic acids is 1. The van der Waals surface area contributed by atoms with E-state index in [2.05, 4.69) is 15.3 Å². The van der Waals surface area contributed by atoms with E-state index in [1.165, 1.54) is 6.34 Å². The molecule has 0 spiro atoms. The van der Waals surface area contributed by atoms with Gasteiger partial charge in [-0.15, -0.1) is 0 Å². The van der Waals surface area contributed by atoms with Crippen molar-refractivity contribution >= 4 is 23.6 Å². The minimum atomic E-state index is -0.377. The van der Waals surface area contributed by atoms with E-state index in [0.29, 0.717) is 0 Å². The summed E-state index contributed by atoms with van der Waals surface area (Å²) in [5.74, 6) is -0.175. The highest BCUT2D eigenvalue weighted by atomic mass is 16.1. The average Bonchev–Trinajstić information content (AvgIpc) is 2.59. The van der Waals surface area contributed by atoms with Crippen LogP contribution in [0.1, 0.15) is 5.56 Å². The molecule has 0 saturated carbocycles. The molecule has 1 aromatic rings. The molecule has 1 N–H and O–H groups in total. The van der Waals surface area contributed by atoms with Crippen LogP contribution in [0.3, 0.4) is 0 Å². The maximum atomic E-state index is 11.4. The fourth-order valence-corrected chi connectivity index (χ4v) is 1.76. The minimum absolute atomic E-state index is 0.175. The first-order valence-electron chi connectivity index (χ1n) is 4.36. The molecule has 0 aromatic heterocycles. The van der Waals surface area contributed by atoms with Gasteiger partial charge in [-0.05, 0) is 6.07 Å². The zero-order valence-corrected chi connectivity index (χ0v) is 7.27. The van der Waals surface area contributed by atoms with E-state index < -0.39 is 0 Å². The Bertz CT molecular complexity index is 476. The Balaban J connectivity index is 2.19. The fraction of sp³-hybridized carbons (Fsp3) is 0.100. The van der Waals surface area contributed by atoms with Gasteiger partial charge in [0.15, 0.2) is 6.04 Å². The quantitative estimate of drug-likeness (QED) is 0.651. The number of para-hydroxylation sites is 1. The van der Waals surface area contributed by atoms with Crippen LogP contribution in [0.15, 0.2) is 34.3 Å². The summed E-state index contributed by atoms with van der Waals surface area (Å²) >= 11 is 0. The van der Waals surface area contributed by atoms with Crippen LogP contribution in [0.5, 0.6) is 0 Å². The molecule has 0 saturated heterocycles. The van der Waals surface area contributed by atoms with Crippen LogP contribution in [0.2, 0.25) is 0 Å². The van der Waals surface area contributed by atoms with Crippen LogP contribution in [0.25, 0.3) is 0 Å². The highest BCUT2D eigenvalue weighted by Crippen LogP contribution is 2.27. The Morgan fingerprint density at radius 3 is 3.07 bits per heavy atom. The number of benzene rings is 1. The molecule has 4 heteroatoms.